The second-order valence-corrected chi connectivity index (χ2v) is 3.47. The summed E-state index contributed by atoms with van der Waals surface area (Å²) in [6, 6.07) is 5.77. The molecule has 0 aliphatic heterocycles. The Labute approximate surface area is 84.1 Å². The van der Waals surface area contributed by atoms with Gasteiger partial charge < -0.3 is 0 Å². The highest BCUT2D eigenvalue weighted by atomic mass is 32.2. The van der Waals surface area contributed by atoms with Gasteiger partial charge in [-0.25, -0.2) is 13.3 Å². The molecule has 0 radical (unpaired) electrons. The third kappa shape index (κ3) is 3.37. The van der Waals surface area contributed by atoms with Crippen molar-refractivity contribution in [3.63, 3.8) is 0 Å². The molecule has 0 aromatic heterocycles. The Balaban J connectivity index is 2.61. The van der Waals surface area contributed by atoms with Gasteiger partial charge in [-0.3, -0.25) is 4.55 Å². The van der Waals surface area contributed by atoms with Crippen molar-refractivity contribution >= 4 is 16.8 Å². The molecule has 1 rings (SSSR count). The van der Waals surface area contributed by atoms with Gasteiger partial charge in [0.15, 0.2) is 0 Å². The van der Waals surface area contributed by atoms with Crippen LogP contribution < -0.4 is 4.72 Å². The zero-order chi connectivity index (χ0) is 10.6. The van der Waals surface area contributed by atoms with Crippen LogP contribution in [0.3, 0.4) is 0 Å². The summed E-state index contributed by atoms with van der Waals surface area (Å²) in [5, 5.41) is 0. The minimum Gasteiger partial charge on any atom is -0.294 e. The molecule has 0 heterocycles. The summed E-state index contributed by atoms with van der Waals surface area (Å²) in [5.41, 5.74) is 1.37. The molecule has 76 valence electrons. The SMILES string of the molecule is C=C(CNS(=O)O)c1ccc(F)cc1. The van der Waals surface area contributed by atoms with Gasteiger partial charge in [0.2, 0.25) is 11.3 Å². The fourth-order valence-electron chi connectivity index (χ4n) is 0.937. The average molecular weight is 215 g/mol. The second-order valence-electron chi connectivity index (χ2n) is 2.68. The summed E-state index contributed by atoms with van der Waals surface area (Å²) in [4.78, 5) is 0. The van der Waals surface area contributed by atoms with Gasteiger partial charge in [-0.05, 0) is 23.3 Å². The lowest BCUT2D eigenvalue weighted by atomic mass is 10.1. The van der Waals surface area contributed by atoms with Crippen LogP contribution in [-0.4, -0.2) is 15.3 Å². The Kier molecular flexibility index (Phi) is 3.94. The monoisotopic (exact) mass is 215 g/mol. The third-order valence-electron chi connectivity index (χ3n) is 1.66. The van der Waals surface area contributed by atoms with Crippen LogP contribution in [0.25, 0.3) is 5.57 Å². The van der Waals surface area contributed by atoms with Crippen LogP contribution in [0.4, 0.5) is 4.39 Å². The molecule has 3 nitrogen and oxygen atoms in total. The summed E-state index contributed by atoms with van der Waals surface area (Å²) >= 11 is -2.05. The van der Waals surface area contributed by atoms with Gasteiger partial charge in [0.05, 0.1) is 0 Å². The van der Waals surface area contributed by atoms with Gasteiger partial charge in [-0.1, -0.05) is 18.7 Å². The standard InChI is InChI=1S/C9H10FNO2S/c1-7(6-11-14(12)13)8-2-4-9(10)5-3-8/h2-5,11H,1,6H2,(H,12,13). The van der Waals surface area contributed by atoms with Crippen molar-refractivity contribution in [2.24, 2.45) is 0 Å². The van der Waals surface area contributed by atoms with Crippen LogP contribution >= 0.6 is 0 Å². The lowest BCUT2D eigenvalue weighted by molar-refractivity contribution is 0.553. The molecule has 0 saturated heterocycles. The van der Waals surface area contributed by atoms with Crippen LogP contribution in [0, 0.1) is 5.82 Å². The number of benzene rings is 1. The average Bonchev–Trinajstić information content (AvgIpc) is 2.15. The fourth-order valence-corrected chi connectivity index (χ4v) is 1.23. The predicted molar refractivity (Wildman–Crippen MR) is 54.2 cm³/mol. The third-order valence-corrected chi connectivity index (χ3v) is 2.05. The van der Waals surface area contributed by atoms with Crippen LogP contribution in [-0.2, 0) is 11.3 Å². The molecule has 2 N–H and O–H groups in total. The summed E-state index contributed by atoms with van der Waals surface area (Å²) in [6.45, 7) is 3.89. The van der Waals surface area contributed by atoms with Crippen molar-refractivity contribution in [1.29, 1.82) is 0 Å². The Morgan fingerprint density at radius 2 is 2.07 bits per heavy atom. The summed E-state index contributed by atoms with van der Waals surface area (Å²) in [5.74, 6) is -0.319. The van der Waals surface area contributed by atoms with Crippen molar-refractivity contribution in [3.8, 4) is 0 Å². The summed E-state index contributed by atoms with van der Waals surface area (Å²) in [6.07, 6.45) is 0. The first-order valence-corrected chi connectivity index (χ1v) is 4.98. The first-order chi connectivity index (χ1) is 6.59. The van der Waals surface area contributed by atoms with Crippen molar-refractivity contribution in [2.75, 3.05) is 6.54 Å². The molecule has 0 fully saturated rings. The van der Waals surface area contributed by atoms with E-state index >= 15 is 0 Å². The van der Waals surface area contributed by atoms with E-state index in [0.717, 1.165) is 5.56 Å². The first kappa shape index (κ1) is 11.0. The van der Waals surface area contributed by atoms with E-state index < -0.39 is 11.3 Å². The minimum atomic E-state index is -2.05. The summed E-state index contributed by atoms with van der Waals surface area (Å²) < 4.78 is 33.6. The molecule has 14 heavy (non-hydrogen) atoms. The van der Waals surface area contributed by atoms with Crippen molar-refractivity contribution in [2.45, 2.75) is 0 Å². The molecule has 0 aliphatic carbocycles. The van der Waals surface area contributed by atoms with Crippen LogP contribution in [0.1, 0.15) is 5.56 Å². The molecular weight excluding hydrogens is 205 g/mol. The van der Waals surface area contributed by atoms with E-state index in [4.69, 9.17) is 4.55 Å². The van der Waals surface area contributed by atoms with E-state index in [2.05, 4.69) is 11.3 Å². The van der Waals surface area contributed by atoms with Gasteiger partial charge in [0, 0.05) is 6.54 Å². The lowest BCUT2D eigenvalue weighted by Gasteiger charge is -2.04. The number of rotatable bonds is 4. The van der Waals surface area contributed by atoms with E-state index in [1.165, 1.54) is 12.1 Å². The van der Waals surface area contributed by atoms with Gasteiger partial charge in [-0.2, -0.15) is 0 Å². The Hall–Kier alpha value is -1.04. The maximum absolute atomic E-state index is 12.5. The van der Waals surface area contributed by atoms with Gasteiger partial charge in [-0.15, -0.1) is 0 Å². The molecule has 1 unspecified atom stereocenters. The maximum atomic E-state index is 12.5. The van der Waals surface area contributed by atoms with Crippen LogP contribution in [0.5, 0.6) is 0 Å². The largest absolute Gasteiger partial charge is 0.294 e. The predicted octanol–water partition coefficient (Wildman–Crippen LogP) is 1.57. The quantitative estimate of drug-likeness (QED) is 0.749. The van der Waals surface area contributed by atoms with Crippen LogP contribution in [0.2, 0.25) is 0 Å². The zero-order valence-electron chi connectivity index (χ0n) is 7.37. The van der Waals surface area contributed by atoms with Crippen LogP contribution in [0.15, 0.2) is 30.8 Å². The molecular formula is C9H10FNO2S. The van der Waals surface area contributed by atoms with Crippen molar-refractivity contribution in [3.05, 3.63) is 42.2 Å². The molecule has 1 atom stereocenters. The first-order valence-electron chi connectivity index (χ1n) is 3.87. The molecule has 0 amide bonds. The summed E-state index contributed by atoms with van der Waals surface area (Å²) in [7, 11) is 0. The highest BCUT2D eigenvalue weighted by Crippen LogP contribution is 2.11. The highest BCUT2D eigenvalue weighted by molar-refractivity contribution is 7.77. The minimum absolute atomic E-state index is 0.189. The Bertz CT molecular complexity index is 350. The number of hydrogen-bond donors (Lipinski definition) is 2. The van der Waals surface area contributed by atoms with E-state index in [1.807, 2.05) is 0 Å². The number of hydrogen-bond acceptors (Lipinski definition) is 1. The van der Waals surface area contributed by atoms with Gasteiger partial charge >= 0.3 is 0 Å². The topological polar surface area (TPSA) is 49.3 Å². The van der Waals surface area contributed by atoms with E-state index in [0.29, 0.717) is 5.57 Å². The van der Waals surface area contributed by atoms with E-state index in [-0.39, 0.29) is 12.4 Å². The Morgan fingerprint density at radius 3 is 2.57 bits per heavy atom. The van der Waals surface area contributed by atoms with E-state index in [9.17, 15) is 8.60 Å². The zero-order valence-corrected chi connectivity index (χ0v) is 8.18. The van der Waals surface area contributed by atoms with Crippen molar-refractivity contribution in [1.82, 2.24) is 4.72 Å². The van der Waals surface area contributed by atoms with Crippen molar-refractivity contribution < 1.29 is 13.2 Å². The fraction of sp³-hybridized carbons (Fsp3) is 0.111. The normalized spacial score (nSPS) is 12.4. The molecule has 1 aromatic carbocycles. The number of nitrogens with one attached hydrogen (secondary N) is 1. The molecule has 5 heteroatoms. The highest BCUT2D eigenvalue weighted by Gasteiger charge is 2.00. The Morgan fingerprint density at radius 1 is 1.50 bits per heavy atom. The maximum Gasteiger partial charge on any atom is 0.232 e. The van der Waals surface area contributed by atoms with E-state index in [1.54, 1.807) is 12.1 Å². The second kappa shape index (κ2) is 4.99. The molecule has 1 aromatic rings. The molecule has 0 spiro atoms. The smallest absolute Gasteiger partial charge is 0.232 e. The van der Waals surface area contributed by atoms with Gasteiger partial charge in [0.1, 0.15) is 5.82 Å². The van der Waals surface area contributed by atoms with Gasteiger partial charge in [0.25, 0.3) is 0 Å². The molecule has 0 bridgehead atoms. The lowest BCUT2D eigenvalue weighted by Crippen LogP contribution is -2.18. The molecule has 0 saturated carbocycles. The molecule has 0 aliphatic rings. The number of halogens is 1.